The number of amides is 1. The van der Waals surface area contributed by atoms with Crippen LogP contribution in [0, 0.1) is 5.82 Å². The van der Waals surface area contributed by atoms with Crippen LogP contribution in [0.5, 0.6) is 5.75 Å². The average molecular weight is 289 g/mol. The number of hydrogen-bond donors (Lipinski definition) is 3. The van der Waals surface area contributed by atoms with Gasteiger partial charge in [-0.05, 0) is 18.2 Å². The van der Waals surface area contributed by atoms with Gasteiger partial charge in [-0.2, -0.15) is 0 Å². The number of nitrogens with two attached hydrogens (primary N) is 2. The minimum absolute atomic E-state index is 0.0165. The summed E-state index contributed by atoms with van der Waals surface area (Å²) < 4.78 is 19.1. The van der Waals surface area contributed by atoms with Crippen LogP contribution in [-0.4, -0.2) is 13.0 Å². The van der Waals surface area contributed by atoms with E-state index in [9.17, 15) is 9.18 Å². The van der Waals surface area contributed by atoms with Crippen molar-refractivity contribution in [2.24, 2.45) is 5.73 Å². The molecule has 5 nitrogen and oxygen atoms in total. The zero-order valence-electron chi connectivity index (χ0n) is 11.5. The average Bonchev–Trinajstić information content (AvgIpc) is 2.46. The van der Waals surface area contributed by atoms with Gasteiger partial charge in [0.2, 0.25) is 0 Å². The van der Waals surface area contributed by atoms with E-state index < -0.39 is 11.7 Å². The van der Waals surface area contributed by atoms with Crippen molar-refractivity contribution < 1.29 is 13.9 Å². The van der Waals surface area contributed by atoms with Crippen molar-refractivity contribution in [3.05, 3.63) is 53.3 Å². The minimum Gasteiger partial charge on any atom is -0.496 e. The number of ether oxygens (including phenoxy) is 1. The van der Waals surface area contributed by atoms with Gasteiger partial charge in [0, 0.05) is 17.8 Å². The number of anilines is 2. The highest BCUT2D eigenvalue weighted by molar-refractivity contribution is 5.99. The van der Waals surface area contributed by atoms with Crippen molar-refractivity contribution in [1.82, 2.24) is 0 Å². The van der Waals surface area contributed by atoms with E-state index in [1.54, 1.807) is 7.11 Å². The summed E-state index contributed by atoms with van der Waals surface area (Å²) in [6.45, 7) is 0.336. The number of carbonyl (C=O) groups is 1. The van der Waals surface area contributed by atoms with Crippen molar-refractivity contribution >= 4 is 17.3 Å². The highest BCUT2D eigenvalue weighted by Gasteiger charge is 2.12. The van der Waals surface area contributed by atoms with E-state index in [2.05, 4.69) is 5.32 Å². The Labute approximate surface area is 121 Å². The number of hydrogen-bond acceptors (Lipinski definition) is 4. The summed E-state index contributed by atoms with van der Waals surface area (Å²) in [7, 11) is 1.56. The first kappa shape index (κ1) is 14.6. The quantitative estimate of drug-likeness (QED) is 0.735. The number of carbonyl (C=O) groups excluding carboxylic acids is 1. The second-order valence-electron chi connectivity index (χ2n) is 4.45. The second-order valence-corrected chi connectivity index (χ2v) is 4.45. The number of primary amides is 1. The summed E-state index contributed by atoms with van der Waals surface area (Å²) >= 11 is 0. The molecule has 0 aliphatic rings. The maximum absolute atomic E-state index is 13.9. The van der Waals surface area contributed by atoms with Gasteiger partial charge in [-0.15, -0.1) is 0 Å². The Bertz CT molecular complexity index is 674. The fourth-order valence-electron chi connectivity index (χ4n) is 1.98. The van der Waals surface area contributed by atoms with Crippen LogP contribution in [0.4, 0.5) is 15.8 Å². The molecule has 1 amide bonds. The van der Waals surface area contributed by atoms with E-state index in [1.165, 1.54) is 6.07 Å². The topological polar surface area (TPSA) is 90.4 Å². The SMILES string of the molecule is COc1ccccc1CNc1cc(C(N)=O)c(N)cc1F. The lowest BCUT2D eigenvalue weighted by atomic mass is 10.1. The van der Waals surface area contributed by atoms with E-state index in [4.69, 9.17) is 16.2 Å². The Hall–Kier alpha value is -2.76. The molecule has 0 heterocycles. The van der Waals surface area contributed by atoms with Gasteiger partial charge in [0.05, 0.1) is 18.4 Å². The van der Waals surface area contributed by atoms with Gasteiger partial charge in [-0.1, -0.05) is 18.2 Å². The van der Waals surface area contributed by atoms with Crippen molar-refractivity contribution in [3.63, 3.8) is 0 Å². The Morgan fingerprint density at radius 1 is 1.33 bits per heavy atom. The van der Waals surface area contributed by atoms with Gasteiger partial charge in [-0.25, -0.2) is 4.39 Å². The first-order valence-electron chi connectivity index (χ1n) is 6.27. The van der Waals surface area contributed by atoms with Crippen LogP contribution in [0.2, 0.25) is 0 Å². The summed E-state index contributed by atoms with van der Waals surface area (Å²) in [5.41, 5.74) is 11.9. The van der Waals surface area contributed by atoms with Crippen LogP contribution in [0.25, 0.3) is 0 Å². The fraction of sp³-hybridized carbons (Fsp3) is 0.133. The number of nitrogens with one attached hydrogen (secondary N) is 1. The second kappa shape index (κ2) is 6.13. The molecule has 0 aliphatic carbocycles. The predicted octanol–water partition coefficient (Wildman–Crippen LogP) is 2.13. The Morgan fingerprint density at radius 2 is 2.05 bits per heavy atom. The highest BCUT2D eigenvalue weighted by Crippen LogP contribution is 2.24. The van der Waals surface area contributed by atoms with Crippen molar-refractivity contribution in [2.45, 2.75) is 6.54 Å². The molecular formula is C15H16FN3O2. The number of benzene rings is 2. The van der Waals surface area contributed by atoms with E-state index >= 15 is 0 Å². The molecule has 2 aromatic carbocycles. The Balaban J connectivity index is 2.24. The molecule has 0 bridgehead atoms. The van der Waals surface area contributed by atoms with E-state index in [1.807, 2.05) is 24.3 Å². The van der Waals surface area contributed by atoms with E-state index in [0.717, 1.165) is 11.6 Å². The first-order chi connectivity index (χ1) is 10.0. The molecule has 110 valence electrons. The maximum atomic E-state index is 13.9. The molecule has 0 unspecified atom stereocenters. The summed E-state index contributed by atoms with van der Waals surface area (Å²) in [6.07, 6.45) is 0. The van der Waals surface area contributed by atoms with Gasteiger partial charge in [0.25, 0.3) is 5.91 Å². The van der Waals surface area contributed by atoms with Gasteiger partial charge in [0.15, 0.2) is 0 Å². The van der Waals surface area contributed by atoms with Crippen LogP contribution in [0.1, 0.15) is 15.9 Å². The van der Waals surface area contributed by atoms with Gasteiger partial charge < -0.3 is 21.5 Å². The first-order valence-corrected chi connectivity index (χ1v) is 6.27. The van der Waals surface area contributed by atoms with Crippen molar-refractivity contribution in [2.75, 3.05) is 18.2 Å². The molecule has 0 spiro atoms. The molecular weight excluding hydrogens is 273 g/mol. The van der Waals surface area contributed by atoms with Crippen LogP contribution < -0.4 is 21.5 Å². The fourth-order valence-corrected chi connectivity index (χ4v) is 1.98. The molecule has 0 fully saturated rings. The van der Waals surface area contributed by atoms with Crippen molar-refractivity contribution in [1.29, 1.82) is 0 Å². The molecule has 21 heavy (non-hydrogen) atoms. The van der Waals surface area contributed by atoms with Crippen LogP contribution in [-0.2, 0) is 6.54 Å². The summed E-state index contributed by atoms with van der Waals surface area (Å²) in [4.78, 5) is 11.2. The molecule has 0 saturated carbocycles. The van der Waals surface area contributed by atoms with Crippen LogP contribution in [0.3, 0.4) is 0 Å². The summed E-state index contributed by atoms with van der Waals surface area (Å²) in [5.74, 6) is -0.559. The molecule has 2 aromatic rings. The molecule has 0 aliphatic heterocycles. The Kier molecular flexibility index (Phi) is 4.27. The van der Waals surface area contributed by atoms with Crippen LogP contribution >= 0.6 is 0 Å². The monoisotopic (exact) mass is 289 g/mol. The Morgan fingerprint density at radius 3 is 2.71 bits per heavy atom. The standard InChI is InChI=1S/C15H16FN3O2/c1-21-14-5-3-2-4-9(14)8-19-13-6-10(15(18)20)12(17)7-11(13)16/h2-7,19H,8,17H2,1H3,(H2,18,20). The molecule has 2 rings (SSSR count). The highest BCUT2D eigenvalue weighted by atomic mass is 19.1. The number of para-hydroxylation sites is 1. The lowest BCUT2D eigenvalue weighted by Crippen LogP contribution is -2.15. The molecule has 5 N–H and O–H groups in total. The van der Waals surface area contributed by atoms with E-state index in [0.29, 0.717) is 12.3 Å². The predicted molar refractivity (Wildman–Crippen MR) is 79.7 cm³/mol. The smallest absolute Gasteiger partial charge is 0.250 e. The molecule has 0 radical (unpaired) electrons. The number of rotatable bonds is 5. The molecule has 0 atom stereocenters. The largest absolute Gasteiger partial charge is 0.496 e. The summed E-state index contributed by atoms with van der Waals surface area (Å²) in [6, 6.07) is 9.75. The zero-order chi connectivity index (χ0) is 15.4. The third-order valence-electron chi connectivity index (χ3n) is 3.07. The van der Waals surface area contributed by atoms with Crippen LogP contribution in [0.15, 0.2) is 36.4 Å². The lowest BCUT2D eigenvalue weighted by Gasteiger charge is -2.12. The number of nitrogen functional groups attached to an aromatic ring is 1. The van der Waals surface area contributed by atoms with Gasteiger partial charge in [0.1, 0.15) is 11.6 Å². The third kappa shape index (κ3) is 3.22. The minimum atomic E-state index is -0.701. The third-order valence-corrected chi connectivity index (χ3v) is 3.07. The number of methoxy groups -OCH3 is 1. The normalized spacial score (nSPS) is 10.2. The van der Waals surface area contributed by atoms with Gasteiger partial charge in [-0.3, -0.25) is 4.79 Å². The summed E-state index contributed by atoms with van der Waals surface area (Å²) in [5, 5.41) is 2.91. The number of halogens is 1. The van der Waals surface area contributed by atoms with Crippen molar-refractivity contribution in [3.8, 4) is 5.75 Å². The van der Waals surface area contributed by atoms with Gasteiger partial charge >= 0.3 is 0 Å². The molecule has 6 heteroatoms. The molecule has 0 saturated heterocycles. The maximum Gasteiger partial charge on any atom is 0.250 e. The molecule has 0 aromatic heterocycles. The van der Waals surface area contributed by atoms with E-state index in [-0.39, 0.29) is 16.9 Å². The lowest BCUT2D eigenvalue weighted by molar-refractivity contribution is 0.100. The zero-order valence-corrected chi connectivity index (χ0v) is 11.5.